The molecule has 3 heterocycles. The van der Waals surface area contributed by atoms with E-state index >= 15 is 0 Å². The topological polar surface area (TPSA) is 104 Å². The number of aromatic amines is 1. The maximum absolute atomic E-state index is 11.2. The van der Waals surface area contributed by atoms with Gasteiger partial charge in [0.15, 0.2) is 0 Å². The van der Waals surface area contributed by atoms with Crippen LogP contribution in [0.3, 0.4) is 0 Å². The van der Waals surface area contributed by atoms with Gasteiger partial charge in [-0.05, 0) is 6.92 Å². The highest BCUT2D eigenvalue weighted by Gasteiger charge is 2.20. The molecule has 0 bridgehead atoms. The Balaban J connectivity index is 1.60. The van der Waals surface area contributed by atoms with Gasteiger partial charge in [0.25, 0.3) is 5.91 Å². The normalized spacial score (nSPS) is 15.7. The van der Waals surface area contributed by atoms with E-state index in [0.29, 0.717) is 5.82 Å². The van der Waals surface area contributed by atoms with Gasteiger partial charge in [0.05, 0.1) is 18.1 Å². The summed E-state index contributed by atoms with van der Waals surface area (Å²) in [7, 11) is 0. The Morgan fingerprint density at radius 3 is 2.62 bits per heavy atom. The molecule has 8 nitrogen and oxygen atoms in total. The second-order valence-electron chi connectivity index (χ2n) is 6.00. The zero-order chi connectivity index (χ0) is 17.1. The minimum absolute atomic E-state index is 0.203. The van der Waals surface area contributed by atoms with Crippen LogP contribution in [0.4, 0.5) is 5.82 Å². The number of aromatic nitrogens is 4. The summed E-state index contributed by atoms with van der Waals surface area (Å²) in [6.45, 7) is 8.52. The average Bonchev–Trinajstić information content (AvgIpc) is 2.95. The van der Waals surface area contributed by atoms with Gasteiger partial charge in [0.2, 0.25) is 0 Å². The summed E-state index contributed by atoms with van der Waals surface area (Å²) in [5.74, 6) is 1.19. The standard InChI is InChI=1S/C16H23N7O/c1-3-14-19-11(2)13(20-14)10-22-4-6-23(7-5-22)15-9-18-8-12(21-15)16(17)24/h8-9H,3-7,10H2,1-2H3,(H2,17,24)(H,19,20). The van der Waals surface area contributed by atoms with Gasteiger partial charge < -0.3 is 15.6 Å². The summed E-state index contributed by atoms with van der Waals surface area (Å²) in [6, 6.07) is 0. The zero-order valence-electron chi connectivity index (χ0n) is 14.1. The number of carbonyl (C=O) groups is 1. The van der Waals surface area contributed by atoms with Crippen LogP contribution >= 0.6 is 0 Å². The SMILES string of the molecule is CCc1nc(CN2CCN(c3cncc(C(N)=O)n3)CC2)c(C)[nH]1. The van der Waals surface area contributed by atoms with Crippen molar-refractivity contribution in [2.24, 2.45) is 5.73 Å². The van der Waals surface area contributed by atoms with Gasteiger partial charge in [0.1, 0.15) is 17.3 Å². The highest BCUT2D eigenvalue weighted by molar-refractivity contribution is 5.90. The lowest BCUT2D eigenvalue weighted by Gasteiger charge is -2.35. The third-order valence-electron chi connectivity index (χ3n) is 4.31. The lowest BCUT2D eigenvalue weighted by molar-refractivity contribution is 0.0995. The van der Waals surface area contributed by atoms with E-state index in [9.17, 15) is 4.79 Å². The van der Waals surface area contributed by atoms with Crippen LogP contribution in [0.1, 0.15) is 34.6 Å². The Bertz CT molecular complexity index is 719. The van der Waals surface area contributed by atoms with Crippen molar-refractivity contribution in [1.82, 2.24) is 24.8 Å². The number of primary amides is 1. The molecular weight excluding hydrogens is 306 g/mol. The first kappa shape index (κ1) is 16.4. The van der Waals surface area contributed by atoms with Crippen molar-refractivity contribution in [3.05, 3.63) is 35.3 Å². The van der Waals surface area contributed by atoms with Crippen molar-refractivity contribution in [3.63, 3.8) is 0 Å². The molecule has 0 spiro atoms. The number of hydrogen-bond donors (Lipinski definition) is 2. The van der Waals surface area contributed by atoms with Crippen LogP contribution < -0.4 is 10.6 Å². The van der Waals surface area contributed by atoms with Crippen molar-refractivity contribution in [3.8, 4) is 0 Å². The van der Waals surface area contributed by atoms with E-state index in [1.54, 1.807) is 6.20 Å². The molecule has 1 aliphatic rings. The molecule has 0 aromatic carbocycles. The molecule has 3 N–H and O–H groups in total. The lowest BCUT2D eigenvalue weighted by atomic mass is 10.2. The van der Waals surface area contributed by atoms with Crippen molar-refractivity contribution in [2.75, 3.05) is 31.1 Å². The predicted octanol–water partition coefficient (Wildman–Crippen LogP) is 0.492. The van der Waals surface area contributed by atoms with Crippen LogP contribution in [0, 0.1) is 6.92 Å². The monoisotopic (exact) mass is 329 g/mol. The molecule has 8 heteroatoms. The van der Waals surface area contributed by atoms with E-state index < -0.39 is 5.91 Å². The van der Waals surface area contributed by atoms with Gasteiger partial charge in [-0.15, -0.1) is 0 Å². The fraction of sp³-hybridized carbons (Fsp3) is 0.500. The Morgan fingerprint density at radius 2 is 2.00 bits per heavy atom. The molecule has 128 valence electrons. The molecule has 0 unspecified atom stereocenters. The fourth-order valence-corrected chi connectivity index (χ4v) is 2.86. The largest absolute Gasteiger partial charge is 0.364 e. The van der Waals surface area contributed by atoms with Gasteiger partial charge in [-0.1, -0.05) is 6.92 Å². The smallest absolute Gasteiger partial charge is 0.268 e. The summed E-state index contributed by atoms with van der Waals surface area (Å²) in [6.07, 6.45) is 3.99. The molecule has 1 amide bonds. The molecular formula is C16H23N7O. The second kappa shape index (κ2) is 6.96. The van der Waals surface area contributed by atoms with Crippen molar-refractivity contribution >= 4 is 11.7 Å². The Labute approximate surface area is 141 Å². The number of nitrogens with zero attached hydrogens (tertiary/aromatic N) is 5. The van der Waals surface area contributed by atoms with E-state index in [1.165, 1.54) is 6.20 Å². The maximum Gasteiger partial charge on any atom is 0.268 e. The number of carbonyl (C=O) groups excluding carboxylic acids is 1. The van der Waals surface area contributed by atoms with Gasteiger partial charge in [-0.3, -0.25) is 14.7 Å². The predicted molar refractivity (Wildman–Crippen MR) is 90.7 cm³/mol. The third kappa shape index (κ3) is 3.53. The third-order valence-corrected chi connectivity index (χ3v) is 4.31. The fourth-order valence-electron chi connectivity index (χ4n) is 2.86. The molecule has 2 aromatic heterocycles. The summed E-state index contributed by atoms with van der Waals surface area (Å²) in [5, 5.41) is 0. The van der Waals surface area contributed by atoms with Crippen LogP contribution in [0.5, 0.6) is 0 Å². The minimum Gasteiger partial charge on any atom is -0.364 e. The lowest BCUT2D eigenvalue weighted by Crippen LogP contribution is -2.46. The van der Waals surface area contributed by atoms with E-state index in [4.69, 9.17) is 5.73 Å². The number of piperazine rings is 1. The van der Waals surface area contributed by atoms with Gasteiger partial charge >= 0.3 is 0 Å². The van der Waals surface area contributed by atoms with Crippen LogP contribution in [-0.4, -0.2) is 56.9 Å². The zero-order valence-corrected chi connectivity index (χ0v) is 14.1. The first-order chi connectivity index (χ1) is 11.6. The first-order valence-electron chi connectivity index (χ1n) is 8.20. The molecule has 24 heavy (non-hydrogen) atoms. The van der Waals surface area contributed by atoms with E-state index in [-0.39, 0.29) is 5.69 Å². The van der Waals surface area contributed by atoms with Gasteiger partial charge in [0, 0.05) is 44.8 Å². The van der Waals surface area contributed by atoms with E-state index in [2.05, 4.69) is 43.6 Å². The molecule has 1 fully saturated rings. The number of H-pyrrole nitrogens is 1. The summed E-state index contributed by atoms with van der Waals surface area (Å²) in [4.78, 5) is 32.1. The molecule has 1 aliphatic heterocycles. The van der Waals surface area contributed by atoms with E-state index in [1.807, 2.05) is 0 Å². The quantitative estimate of drug-likeness (QED) is 0.827. The molecule has 0 saturated carbocycles. The Kier molecular flexibility index (Phi) is 4.75. The highest BCUT2D eigenvalue weighted by Crippen LogP contribution is 2.15. The molecule has 0 atom stereocenters. The number of imidazole rings is 1. The molecule has 2 aromatic rings. The summed E-state index contributed by atoms with van der Waals surface area (Å²) < 4.78 is 0. The Hall–Kier alpha value is -2.48. The van der Waals surface area contributed by atoms with Crippen LogP contribution in [0.2, 0.25) is 0 Å². The maximum atomic E-state index is 11.2. The number of aryl methyl sites for hydroxylation is 2. The first-order valence-corrected chi connectivity index (χ1v) is 8.20. The van der Waals surface area contributed by atoms with Gasteiger partial charge in [-0.2, -0.15) is 0 Å². The molecule has 0 radical (unpaired) electrons. The number of nitrogens with two attached hydrogens (primary N) is 1. The highest BCUT2D eigenvalue weighted by atomic mass is 16.1. The van der Waals surface area contributed by atoms with E-state index in [0.717, 1.165) is 56.4 Å². The van der Waals surface area contributed by atoms with Crippen LogP contribution in [-0.2, 0) is 13.0 Å². The van der Waals surface area contributed by atoms with Crippen LogP contribution in [0.15, 0.2) is 12.4 Å². The number of anilines is 1. The minimum atomic E-state index is -0.552. The number of nitrogens with one attached hydrogen (secondary N) is 1. The van der Waals surface area contributed by atoms with Gasteiger partial charge in [-0.25, -0.2) is 9.97 Å². The number of hydrogen-bond acceptors (Lipinski definition) is 6. The van der Waals surface area contributed by atoms with Crippen molar-refractivity contribution in [2.45, 2.75) is 26.8 Å². The molecule has 1 saturated heterocycles. The van der Waals surface area contributed by atoms with Crippen LogP contribution in [0.25, 0.3) is 0 Å². The van der Waals surface area contributed by atoms with Crippen molar-refractivity contribution < 1.29 is 4.79 Å². The molecule has 0 aliphatic carbocycles. The summed E-state index contributed by atoms with van der Waals surface area (Å²) >= 11 is 0. The average molecular weight is 329 g/mol. The number of amides is 1. The Morgan fingerprint density at radius 1 is 1.25 bits per heavy atom. The summed E-state index contributed by atoms with van der Waals surface area (Å²) in [5.41, 5.74) is 7.74. The number of rotatable bonds is 5. The second-order valence-corrected chi connectivity index (χ2v) is 6.00. The molecule has 3 rings (SSSR count). The van der Waals surface area contributed by atoms with Crippen molar-refractivity contribution in [1.29, 1.82) is 0 Å².